The highest BCUT2D eigenvalue weighted by Crippen LogP contribution is 2.16. The minimum atomic E-state index is -3.39. The zero-order valence-electron chi connectivity index (χ0n) is 6.58. The second-order valence-electron chi connectivity index (χ2n) is 2.48. The number of Topliss-reactive ketones (excluding diaryl/α,β-unsaturated/α-hetero) is 1. The molecule has 0 bridgehead atoms. The summed E-state index contributed by atoms with van der Waals surface area (Å²) in [6, 6.07) is 0. The number of nitrogens with zero attached hydrogens (tertiary/aromatic N) is 3. The van der Waals surface area contributed by atoms with Crippen LogP contribution in [-0.2, 0) is 7.05 Å². The summed E-state index contributed by atoms with van der Waals surface area (Å²) < 4.78 is 26.0. The van der Waals surface area contributed by atoms with Crippen molar-refractivity contribution in [2.45, 2.75) is 12.8 Å². The van der Waals surface area contributed by atoms with Crippen LogP contribution in [0.4, 0.5) is 8.78 Å². The molecule has 0 aromatic carbocycles. The number of aryl methyl sites for hydroxylation is 1. The summed E-state index contributed by atoms with van der Waals surface area (Å²) in [5.41, 5.74) is 0. The number of hydrogen-bond acceptors (Lipinski definition) is 3. The molecule has 66 valence electrons. The quantitative estimate of drug-likeness (QED) is 0.620. The Hall–Kier alpha value is -1.33. The van der Waals surface area contributed by atoms with Crippen LogP contribution in [-0.4, -0.2) is 26.5 Å². The summed E-state index contributed by atoms with van der Waals surface area (Å²) >= 11 is 0. The molecule has 12 heavy (non-hydrogen) atoms. The van der Waals surface area contributed by atoms with E-state index < -0.39 is 11.7 Å². The molecule has 0 amide bonds. The summed E-state index contributed by atoms with van der Waals surface area (Å²) in [5, 5.41) is 6.58. The van der Waals surface area contributed by atoms with Gasteiger partial charge < -0.3 is 4.57 Å². The maximum Gasteiger partial charge on any atom is 0.310 e. The Labute approximate surface area is 67.2 Å². The van der Waals surface area contributed by atoms with Crippen LogP contribution in [0, 0.1) is 0 Å². The molecule has 0 radical (unpaired) electrons. The summed E-state index contributed by atoms with van der Waals surface area (Å²) in [7, 11) is 1.43. The molecule has 0 saturated heterocycles. The van der Waals surface area contributed by atoms with Gasteiger partial charge in [-0.15, -0.1) is 10.2 Å². The van der Waals surface area contributed by atoms with E-state index in [4.69, 9.17) is 0 Å². The van der Waals surface area contributed by atoms with E-state index in [-0.39, 0.29) is 5.82 Å². The maximum absolute atomic E-state index is 12.4. The zero-order chi connectivity index (χ0) is 9.35. The molecule has 0 saturated carbocycles. The molecule has 1 aromatic heterocycles. The van der Waals surface area contributed by atoms with Crippen molar-refractivity contribution in [3.8, 4) is 0 Å². The summed E-state index contributed by atoms with van der Waals surface area (Å²) in [4.78, 5) is 10.9. The van der Waals surface area contributed by atoms with Gasteiger partial charge in [0, 0.05) is 14.0 Å². The number of carbonyl (C=O) groups excluding carboxylic acids is 1. The Morgan fingerprint density at radius 2 is 2.25 bits per heavy atom. The monoisotopic (exact) mass is 175 g/mol. The molecular formula is C6H7F2N3O. The van der Waals surface area contributed by atoms with Gasteiger partial charge in [0.25, 0.3) is 5.78 Å². The lowest BCUT2D eigenvalue weighted by atomic mass is 10.2. The van der Waals surface area contributed by atoms with Gasteiger partial charge in [0.05, 0.1) is 0 Å². The van der Waals surface area contributed by atoms with Crippen LogP contribution in [0.2, 0.25) is 0 Å². The molecule has 0 fully saturated rings. The van der Waals surface area contributed by atoms with Crippen LogP contribution in [0.25, 0.3) is 0 Å². The lowest BCUT2D eigenvalue weighted by Gasteiger charge is -2.06. The molecule has 0 spiro atoms. The average Bonchev–Trinajstić information content (AvgIpc) is 2.31. The second-order valence-corrected chi connectivity index (χ2v) is 2.48. The summed E-state index contributed by atoms with van der Waals surface area (Å²) in [6.07, 6.45) is 1.19. The molecule has 1 aromatic rings. The molecule has 0 aliphatic carbocycles. The molecular weight excluding hydrogens is 168 g/mol. The first-order valence-corrected chi connectivity index (χ1v) is 3.19. The van der Waals surface area contributed by atoms with Crippen LogP contribution in [0.15, 0.2) is 6.33 Å². The number of alkyl halides is 2. The normalized spacial score (nSPS) is 11.7. The highest BCUT2D eigenvalue weighted by molar-refractivity contribution is 5.97. The van der Waals surface area contributed by atoms with Crippen molar-refractivity contribution >= 4 is 5.78 Å². The smallest absolute Gasteiger partial charge is 0.310 e. The van der Waals surface area contributed by atoms with Gasteiger partial charge in [-0.1, -0.05) is 0 Å². The predicted molar refractivity (Wildman–Crippen MR) is 36.0 cm³/mol. The number of ketones is 1. The molecule has 0 N–H and O–H groups in total. The Bertz CT molecular complexity index is 302. The van der Waals surface area contributed by atoms with E-state index in [1.807, 2.05) is 0 Å². The molecule has 6 heteroatoms. The fourth-order valence-corrected chi connectivity index (χ4v) is 0.685. The maximum atomic E-state index is 12.4. The van der Waals surface area contributed by atoms with Gasteiger partial charge in [0.2, 0.25) is 5.82 Å². The fourth-order valence-electron chi connectivity index (χ4n) is 0.685. The third-order valence-corrected chi connectivity index (χ3v) is 1.31. The van der Waals surface area contributed by atoms with E-state index in [9.17, 15) is 13.6 Å². The van der Waals surface area contributed by atoms with Crippen LogP contribution in [0.5, 0.6) is 0 Å². The van der Waals surface area contributed by atoms with Crippen molar-refractivity contribution in [1.82, 2.24) is 14.8 Å². The van der Waals surface area contributed by atoms with Gasteiger partial charge >= 0.3 is 5.92 Å². The molecule has 0 atom stereocenters. The van der Waals surface area contributed by atoms with E-state index >= 15 is 0 Å². The van der Waals surface area contributed by atoms with Crippen LogP contribution in [0.1, 0.15) is 17.5 Å². The van der Waals surface area contributed by atoms with Gasteiger partial charge in [-0.2, -0.15) is 8.78 Å². The first kappa shape index (κ1) is 8.76. The van der Waals surface area contributed by atoms with Gasteiger partial charge in [-0.3, -0.25) is 4.79 Å². The second kappa shape index (κ2) is 2.62. The molecule has 0 aliphatic heterocycles. The topological polar surface area (TPSA) is 47.8 Å². The standard InChI is InChI=1S/C6H7F2N3O/c1-6(7,8)4(12)5-10-9-3-11(5)2/h3H,1-2H3. The van der Waals surface area contributed by atoms with Gasteiger partial charge in [-0.05, 0) is 0 Å². The number of aromatic nitrogens is 3. The first-order valence-electron chi connectivity index (χ1n) is 3.19. The number of hydrogen-bond donors (Lipinski definition) is 0. The van der Waals surface area contributed by atoms with Crippen molar-refractivity contribution in [3.05, 3.63) is 12.2 Å². The van der Waals surface area contributed by atoms with Crippen LogP contribution in [0.3, 0.4) is 0 Å². The molecule has 0 aliphatic rings. The van der Waals surface area contributed by atoms with E-state index in [0.717, 1.165) is 4.57 Å². The highest BCUT2D eigenvalue weighted by Gasteiger charge is 2.36. The number of carbonyl (C=O) groups is 1. The van der Waals surface area contributed by atoms with E-state index in [2.05, 4.69) is 10.2 Å². The van der Waals surface area contributed by atoms with Gasteiger partial charge in [0.1, 0.15) is 6.33 Å². The molecule has 1 rings (SSSR count). The highest BCUT2D eigenvalue weighted by atomic mass is 19.3. The number of rotatable bonds is 2. The Morgan fingerprint density at radius 1 is 1.67 bits per heavy atom. The summed E-state index contributed by atoms with van der Waals surface area (Å²) in [6.45, 7) is 0.532. The van der Waals surface area contributed by atoms with E-state index in [1.54, 1.807) is 0 Å². The third kappa shape index (κ3) is 1.46. The molecule has 0 unspecified atom stereocenters. The van der Waals surface area contributed by atoms with Crippen molar-refractivity contribution in [3.63, 3.8) is 0 Å². The lowest BCUT2D eigenvalue weighted by molar-refractivity contribution is 0.0207. The molecule has 1 heterocycles. The van der Waals surface area contributed by atoms with E-state index in [0.29, 0.717) is 6.92 Å². The Kier molecular flexibility index (Phi) is 1.91. The van der Waals surface area contributed by atoms with Gasteiger partial charge in [0.15, 0.2) is 0 Å². The lowest BCUT2D eigenvalue weighted by Crippen LogP contribution is -2.27. The minimum absolute atomic E-state index is 0.331. The Morgan fingerprint density at radius 3 is 2.58 bits per heavy atom. The third-order valence-electron chi connectivity index (χ3n) is 1.31. The predicted octanol–water partition coefficient (Wildman–Crippen LogP) is 0.653. The van der Waals surface area contributed by atoms with Crippen molar-refractivity contribution in [2.75, 3.05) is 0 Å². The zero-order valence-corrected chi connectivity index (χ0v) is 6.58. The summed E-state index contributed by atoms with van der Waals surface area (Å²) in [5.74, 6) is -5.04. The average molecular weight is 175 g/mol. The van der Waals surface area contributed by atoms with Crippen molar-refractivity contribution in [1.29, 1.82) is 0 Å². The minimum Gasteiger partial charge on any atom is -0.314 e. The van der Waals surface area contributed by atoms with Crippen LogP contribution >= 0.6 is 0 Å². The fraction of sp³-hybridized carbons (Fsp3) is 0.500. The van der Waals surface area contributed by atoms with Crippen LogP contribution < -0.4 is 0 Å². The SMILES string of the molecule is Cn1cnnc1C(=O)C(C)(F)F. The van der Waals surface area contributed by atoms with E-state index in [1.165, 1.54) is 13.4 Å². The first-order chi connectivity index (χ1) is 5.43. The molecule has 4 nitrogen and oxygen atoms in total. The largest absolute Gasteiger partial charge is 0.314 e. The Balaban J connectivity index is 3.01. The number of halogens is 2. The van der Waals surface area contributed by atoms with Gasteiger partial charge in [-0.25, -0.2) is 0 Å². The van der Waals surface area contributed by atoms with Crippen molar-refractivity contribution in [2.24, 2.45) is 7.05 Å². The van der Waals surface area contributed by atoms with Crippen molar-refractivity contribution < 1.29 is 13.6 Å².